The summed E-state index contributed by atoms with van der Waals surface area (Å²) in [5, 5.41) is 0. The molecule has 2 bridgehead atoms. The average molecular weight is 242 g/mol. The molecular formula is C8H9F3O3S. The molecule has 3 nitrogen and oxygen atoms in total. The van der Waals surface area contributed by atoms with E-state index in [9.17, 15) is 21.6 Å². The molecule has 2 aliphatic rings. The molecule has 0 amide bonds. The topological polar surface area (TPSA) is 43.4 Å². The van der Waals surface area contributed by atoms with Gasteiger partial charge in [-0.1, -0.05) is 0 Å². The molecule has 0 aliphatic heterocycles. The number of alkyl halides is 3. The molecule has 1 fully saturated rings. The van der Waals surface area contributed by atoms with Crippen LogP contribution >= 0.6 is 0 Å². The Hall–Kier alpha value is -0.720. The lowest BCUT2D eigenvalue weighted by atomic mass is 10.1. The second kappa shape index (κ2) is 3.13. The van der Waals surface area contributed by atoms with Crippen LogP contribution in [0.25, 0.3) is 0 Å². The Morgan fingerprint density at radius 1 is 1.33 bits per heavy atom. The Labute approximate surface area is 85.0 Å². The highest BCUT2D eigenvalue weighted by atomic mass is 32.2. The molecule has 2 atom stereocenters. The van der Waals surface area contributed by atoms with E-state index in [4.69, 9.17) is 0 Å². The van der Waals surface area contributed by atoms with Crippen molar-refractivity contribution < 1.29 is 25.8 Å². The largest absolute Gasteiger partial charge is 0.534 e. The van der Waals surface area contributed by atoms with Crippen molar-refractivity contribution in [3.8, 4) is 0 Å². The molecule has 2 aliphatic carbocycles. The predicted octanol–water partition coefficient (Wildman–Crippen LogP) is 2.17. The zero-order valence-electron chi connectivity index (χ0n) is 7.62. The third-order valence-electron chi connectivity index (χ3n) is 2.76. The van der Waals surface area contributed by atoms with E-state index in [0.717, 1.165) is 6.42 Å². The van der Waals surface area contributed by atoms with Gasteiger partial charge in [-0.05, 0) is 31.3 Å². The van der Waals surface area contributed by atoms with Gasteiger partial charge in [-0.3, -0.25) is 0 Å². The predicted molar refractivity (Wildman–Crippen MR) is 45.0 cm³/mol. The summed E-state index contributed by atoms with van der Waals surface area (Å²) < 4.78 is 61.5. The molecule has 0 saturated heterocycles. The van der Waals surface area contributed by atoms with Gasteiger partial charge < -0.3 is 4.18 Å². The van der Waals surface area contributed by atoms with Crippen molar-refractivity contribution in [2.24, 2.45) is 11.8 Å². The first-order chi connectivity index (χ1) is 6.79. The molecule has 0 spiro atoms. The molecule has 0 aromatic heterocycles. The van der Waals surface area contributed by atoms with Crippen molar-refractivity contribution in [1.82, 2.24) is 0 Å². The minimum absolute atomic E-state index is 0.0245. The Morgan fingerprint density at radius 3 is 2.40 bits per heavy atom. The van der Waals surface area contributed by atoms with Gasteiger partial charge in [0.2, 0.25) is 0 Å². The summed E-state index contributed by atoms with van der Waals surface area (Å²) in [5.41, 5.74) is -5.34. The SMILES string of the molecule is O=S(=O)(OC1=C[C@@H]2CC[C@H]1C2)C(F)(F)F. The Balaban J connectivity index is 2.14. The van der Waals surface area contributed by atoms with Crippen molar-refractivity contribution in [2.45, 2.75) is 24.8 Å². The van der Waals surface area contributed by atoms with Crippen molar-refractivity contribution in [2.75, 3.05) is 0 Å². The minimum atomic E-state index is -5.47. The van der Waals surface area contributed by atoms with E-state index in [1.807, 2.05) is 0 Å². The van der Waals surface area contributed by atoms with Crippen LogP contribution in [-0.4, -0.2) is 13.9 Å². The summed E-state index contributed by atoms with van der Waals surface area (Å²) in [6, 6.07) is 0. The van der Waals surface area contributed by atoms with E-state index >= 15 is 0 Å². The lowest BCUT2D eigenvalue weighted by Gasteiger charge is -2.15. The van der Waals surface area contributed by atoms with Crippen LogP contribution in [0, 0.1) is 11.8 Å². The molecule has 0 aromatic carbocycles. The van der Waals surface area contributed by atoms with Crippen LogP contribution < -0.4 is 0 Å². The molecule has 0 unspecified atom stereocenters. The Kier molecular flexibility index (Phi) is 2.25. The van der Waals surface area contributed by atoms with Crippen LogP contribution in [-0.2, 0) is 14.3 Å². The van der Waals surface area contributed by atoms with E-state index < -0.39 is 15.6 Å². The van der Waals surface area contributed by atoms with Crippen molar-refractivity contribution >= 4 is 10.1 Å². The Bertz CT molecular complexity index is 396. The molecule has 1 saturated carbocycles. The van der Waals surface area contributed by atoms with Crippen LogP contribution in [0.2, 0.25) is 0 Å². The van der Waals surface area contributed by atoms with E-state index in [0.29, 0.717) is 12.8 Å². The van der Waals surface area contributed by atoms with E-state index in [1.54, 1.807) is 0 Å². The van der Waals surface area contributed by atoms with E-state index in [2.05, 4.69) is 4.18 Å². The smallest absolute Gasteiger partial charge is 0.381 e. The molecule has 0 N–H and O–H groups in total. The standard InChI is InChI=1S/C8H9F3O3S/c9-8(10,11)15(12,13)14-7-4-5-1-2-6(7)3-5/h4-6H,1-3H2/t5-,6+/m1/s1. The van der Waals surface area contributed by atoms with Crippen molar-refractivity contribution in [1.29, 1.82) is 0 Å². The monoisotopic (exact) mass is 242 g/mol. The highest BCUT2D eigenvalue weighted by Gasteiger charge is 2.50. The zero-order chi connectivity index (χ0) is 11.3. The summed E-state index contributed by atoms with van der Waals surface area (Å²) in [6.07, 6.45) is 3.83. The molecule has 0 heterocycles. The van der Waals surface area contributed by atoms with Gasteiger partial charge in [0.15, 0.2) is 0 Å². The summed E-state index contributed by atoms with van der Waals surface area (Å²) in [5.74, 6) is 0.0177. The van der Waals surface area contributed by atoms with Gasteiger partial charge in [-0.25, -0.2) is 0 Å². The molecular weight excluding hydrogens is 233 g/mol. The van der Waals surface area contributed by atoms with Crippen LogP contribution in [0.4, 0.5) is 13.2 Å². The highest BCUT2D eigenvalue weighted by Crippen LogP contribution is 2.45. The van der Waals surface area contributed by atoms with Crippen LogP contribution in [0.1, 0.15) is 19.3 Å². The number of fused-ring (bicyclic) bond motifs is 2. The molecule has 2 rings (SSSR count). The quantitative estimate of drug-likeness (QED) is 0.550. The van der Waals surface area contributed by atoms with E-state index in [-0.39, 0.29) is 17.6 Å². The third-order valence-corrected chi connectivity index (χ3v) is 3.74. The third kappa shape index (κ3) is 1.84. The van der Waals surface area contributed by atoms with Gasteiger partial charge in [0, 0.05) is 5.92 Å². The fourth-order valence-electron chi connectivity index (χ4n) is 2.06. The number of halogens is 3. The summed E-state index contributed by atoms with van der Waals surface area (Å²) >= 11 is 0. The van der Waals surface area contributed by atoms with Gasteiger partial charge in [-0.15, -0.1) is 0 Å². The molecule has 0 aromatic rings. The average Bonchev–Trinajstić information content (AvgIpc) is 2.61. The van der Waals surface area contributed by atoms with Gasteiger partial charge in [-0.2, -0.15) is 21.6 Å². The van der Waals surface area contributed by atoms with Crippen molar-refractivity contribution in [3.63, 3.8) is 0 Å². The Morgan fingerprint density at radius 2 is 2.00 bits per heavy atom. The number of rotatable bonds is 2. The number of hydrogen-bond acceptors (Lipinski definition) is 3. The maximum atomic E-state index is 12.0. The molecule has 15 heavy (non-hydrogen) atoms. The highest BCUT2D eigenvalue weighted by molar-refractivity contribution is 7.87. The van der Waals surface area contributed by atoms with Crippen LogP contribution in [0.15, 0.2) is 11.8 Å². The summed E-state index contributed by atoms with van der Waals surface area (Å²) in [7, 11) is -5.47. The van der Waals surface area contributed by atoms with Gasteiger partial charge in [0.05, 0.1) is 0 Å². The van der Waals surface area contributed by atoms with Crippen LogP contribution in [0.5, 0.6) is 0 Å². The first-order valence-corrected chi connectivity index (χ1v) is 5.93. The fourth-order valence-corrected chi connectivity index (χ4v) is 2.60. The fraction of sp³-hybridized carbons (Fsp3) is 0.750. The lowest BCUT2D eigenvalue weighted by Crippen LogP contribution is -2.26. The normalized spacial score (nSPS) is 30.5. The van der Waals surface area contributed by atoms with Crippen molar-refractivity contribution in [3.05, 3.63) is 11.8 Å². The first-order valence-electron chi connectivity index (χ1n) is 4.52. The maximum Gasteiger partial charge on any atom is 0.534 e. The van der Waals surface area contributed by atoms with Gasteiger partial charge in [0.1, 0.15) is 5.76 Å². The maximum absolute atomic E-state index is 12.0. The summed E-state index contributed by atoms with van der Waals surface area (Å²) in [4.78, 5) is 0. The van der Waals surface area contributed by atoms with Crippen LogP contribution in [0.3, 0.4) is 0 Å². The zero-order valence-corrected chi connectivity index (χ0v) is 8.44. The minimum Gasteiger partial charge on any atom is -0.381 e. The van der Waals surface area contributed by atoms with E-state index in [1.165, 1.54) is 6.08 Å². The molecule has 0 radical (unpaired) electrons. The molecule has 86 valence electrons. The second-order valence-corrected chi connectivity index (χ2v) is 5.36. The number of hydrogen-bond donors (Lipinski definition) is 0. The molecule has 7 heteroatoms. The number of allylic oxidation sites excluding steroid dienone is 2. The second-order valence-electron chi connectivity index (χ2n) is 3.82. The lowest BCUT2D eigenvalue weighted by molar-refractivity contribution is -0.0526. The first kappa shape index (κ1) is 10.8. The summed E-state index contributed by atoms with van der Waals surface area (Å²) in [6.45, 7) is 0. The van der Waals surface area contributed by atoms with Gasteiger partial charge >= 0.3 is 15.6 Å². The van der Waals surface area contributed by atoms with Gasteiger partial charge in [0.25, 0.3) is 0 Å².